The molecule has 0 unspecified atom stereocenters. The number of ether oxygens (including phenoxy) is 1. The summed E-state index contributed by atoms with van der Waals surface area (Å²) in [5.74, 6) is 0.686. The van der Waals surface area contributed by atoms with Gasteiger partial charge in [-0.25, -0.2) is 0 Å². The number of fused-ring (bicyclic) bond motifs is 1. The molecule has 24 heavy (non-hydrogen) atoms. The molecule has 0 fully saturated rings. The number of amides is 1. The van der Waals surface area contributed by atoms with Crippen molar-refractivity contribution >= 4 is 17.3 Å². The van der Waals surface area contributed by atoms with Crippen molar-refractivity contribution in [1.82, 2.24) is 0 Å². The van der Waals surface area contributed by atoms with Gasteiger partial charge in [-0.2, -0.15) is 0 Å². The zero-order valence-electron chi connectivity index (χ0n) is 14.3. The fourth-order valence-corrected chi connectivity index (χ4v) is 3.07. The highest BCUT2D eigenvalue weighted by molar-refractivity contribution is 5.95. The molecule has 0 spiro atoms. The first-order valence-corrected chi connectivity index (χ1v) is 8.52. The monoisotopic (exact) mass is 324 g/mol. The molecular weight excluding hydrogens is 300 g/mol. The van der Waals surface area contributed by atoms with E-state index in [-0.39, 0.29) is 12.0 Å². The largest absolute Gasteiger partial charge is 0.489 e. The summed E-state index contributed by atoms with van der Waals surface area (Å²) in [6.07, 6.45) is 2.23. The van der Waals surface area contributed by atoms with Gasteiger partial charge in [0.15, 0.2) is 0 Å². The predicted molar refractivity (Wildman–Crippen MR) is 97.8 cm³/mol. The lowest BCUT2D eigenvalue weighted by molar-refractivity contribution is -0.115. The van der Waals surface area contributed by atoms with Crippen LogP contribution in [0.15, 0.2) is 48.5 Å². The SMILES string of the molecule is CC(C)Oc1ccccc1NC(=O)CN1CCCc2ccccc21. The van der Waals surface area contributed by atoms with Crippen LogP contribution in [0.1, 0.15) is 25.8 Å². The molecule has 1 N–H and O–H groups in total. The molecule has 4 heteroatoms. The van der Waals surface area contributed by atoms with Crippen LogP contribution < -0.4 is 15.0 Å². The van der Waals surface area contributed by atoms with Crippen LogP contribution in [-0.2, 0) is 11.2 Å². The molecule has 1 aliphatic heterocycles. The molecule has 0 radical (unpaired) electrons. The van der Waals surface area contributed by atoms with Crippen molar-refractivity contribution in [2.45, 2.75) is 32.8 Å². The number of hydrogen-bond acceptors (Lipinski definition) is 3. The van der Waals surface area contributed by atoms with E-state index in [0.29, 0.717) is 12.3 Å². The van der Waals surface area contributed by atoms with Gasteiger partial charge in [-0.3, -0.25) is 4.79 Å². The lowest BCUT2D eigenvalue weighted by atomic mass is 10.0. The van der Waals surface area contributed by atoms with Gasteiger partial charge in [0.1, 0.15) is 5.75 Å². The Balaban J connectivity index is 1.69. The second-order valence-electron chi connectivity index (χ2n) is 6.36. The highest BCUT2D eigenvalue weighted by Crippen LogP contribution is 2.27. The number of rotatable bonds is 5. The molecule has 1 aliphatic rings. The standard InChI is InChI=1S/C20H24N2O2/c1-15(2)24-19-12-6-4-10-17(19)21-20(23)14-22-13-7-9-16-8-3-5-11-18(16)22/h3-6,8,10-12,15H,7,9,13-14H2,1-2H3,(H,21,23). The Kier molecular flexibility index (Phi) is 5.04. The van der Waals surface area contributed by atoms with Crippen molar-refractivity contribution in [3.8, 4) is 5.75 Å². The van der Waals surface area contributed by atoms with E-state index in [1.165, 1.54) is 11.3 Å². The Labute approximate surface area is 143 Å². The minimum Gasteiger partial charge on any atom is -0.489 e. The fourth-order valence-electron chi connectivity index (χ4n) is 3.07. The molecule has 4 nitrogen and oxygen atoms in total. The van der Waals surface area contributed by atoms with Crippen LogP contribution in [0.25, 0.3) is 0 Å². The topological polar surface area (TPSA) is 41.6 Å². The Morgan fingerprint density at radius 3 is 2.75 bits per heavy atom. The molecule has 0 bridgehead atoms. The van der Waals surface area contributed by atoms with Crippen molar-refractivity contribution in [2.24, 2.45) is 0 Å². The van der Waals surface area contributed by atoms with Gasteiger partial charge in [0.05, 0.1) is 18.3 Å². The number of benzene rings is 2. The Bertz CT molecular complexity index is 712. The Hall–Kier alpha value is -2.49. The van der Waals surface area contributed by atoms with Crippen molar-refractivity contribution in [2.75, 3.05) is 23.3 Å². The zero-order chi connectivity index (χ0) is 16.9. The Morgan fingerprint density at radius 2 is 1.92 bits per heavy atom. The number of nitrogens with one attached hydrogen (secondary N) is 1. The quantitative estimate of drug-likeness (QED) is 0.908. The third-order valence-corrected chi connectivity index (χ3v) is 4.06. The van der Waals surface area contributed by atoms with Gasteiger partial charge in [-0.05, 0) is 50.5 Å². The van der Waals surface area contributed by atoms with Gasteiger partial charge in [0, 0.05) is 12.2 Å². The van der Waals surface area contributed by atoms with Crippen LogP contribution in [0.4, 0.5) is 11.4 Å². The minimum absolute atomic E-state index is 0.0218. The average Bonchev–Trinajstić information content (AvgIpc) is 2.56. The summed E-state index contributed by atoms with van der Waals surface area (Å²) < 4.78 is 5.76. The van der Waals surface area contributed by atoms with Crippen molar-refractivity contribution in [3.05, 3.63) is 54.1 Å². The number of para-hydroxylation sites is 3. The van der Waals surface area contributed by atoms with E-state index in [9.17, 15) is 4.79 Å². The first-order valence-electron chi connectivity index (χ1n) is 8.52. The molecule has 1 amide bonds. The first-order chi connectivity index (χ1) is 11.6. The summed E-state index contributed by atoms with van der Waals surface area (Å²) >= 11 is 0. The zero-order valence-corrected chi connectivity index (χ0v) is 14.3. The summed E-state index contributed by atoms with van der Waals surface area (Å²) in [6.45, 7) is 5.22. The van der Waals surface area contributed by atoms with Gasteiger partial charge in [0.2, 0.25) is 5.91 Å². The molecule has 1 heterocycles. The maximum atomic E-state index is 12.5. The van der Waals surface area contributed by atoms with E-state index < -0.39 is 0 Å². The fraction of sp³-hybridized carbons (Fsp3) is 0.350. The highest BCUT2D eigenvalue weighted by Gasteiger charge is 2.19. The Morgan fingerprint density at radius 1 is 1.17 bits per heavy atom. The number of hydrogen-bond donors (Lipinski definition) is 1. The molecule has 0 saturated heterocycles. The molecule has 0 aromatic heterocycles. The van der Waals surface area contributed by atoms with Crippen molar-refractivity contribution in [3.63, 3.8) is 0 Å². The van der Waals surface area contributed by atoms with Crippen molar-refractivity contribution < 1.29 is 9.53 Å². The second-order valence-corrected chi connectivity index (χ2v) is 6.36. The van der Waals surface area contributed by atoms with Gasteiger partial charge in [-0.1, -0.05) is 30.3 Å². The minimum atomic E-state index is -0.0218. The molecule has 2 aromatic rings. The molecule has 0 atom stereocenters. The summed E-state index contributed by atoms with van der Waals surface area (Å²) in [5, 5.41) is 2.99. The number of aryl methyl sites for hydroxylation is 1. The lowest BCUT2D eigenvalue weighted by Gasteiger charge is -2.30. The lowest BCUT2D eigenvalue weighted by Crippen LogP contribution is -2.36. The van der Waals surface area contributed by atoms with Crippen LogP contribution in [0, 0.1) is 0 Å². The normalized spacial score (nSPS) is 13.5. The van der Waals surface area contributed by atoms with Crippen LogP contribution in [0.2, 0.25) is 0 Å². The van der Waals surface area contributed by atoms with Gasteiger partial charge < -0.3 is 15.0 Å². The molecule has 0 saturated carbocycles. The molecule has 2 aromatic carbocycles. The summed E-state index contributed by atoms with van der Waals surface area (Å²) in [7, 11) is 0. The molecular formula is C20H24N2O2. The second kappa shape index (κ2) is 7.39. The maximum Gasteiger partial charge on any atom is 0.243 e. The average molecular weight is 324 g/mol. The van der Waals surface area contributed by atoms with E-state index in [0.717, 1.165) is 25.1 Å². The van der Waals surface area contributed by atoms with Crippen LogP contribution >= 0.6 is 0 Å². The smallest absolute Gasteiger partial charge is 0.243 e. The van der Waals surface area contributed by atoms with E-state index in [4.69, 9.17) is 4.74 Å². The first kappa shape index (κ1) is 16.4. The van der Waals surface area contributed by atoms with E-state index in [1.807, 2.05) is 44.2 Å². The third kappa shape index (κ3) is 3.88. The van der Waals surface area contributed by atoms with E-state index >= 15 is 0 Å². The summed E-state index contributed by atoms with van der Waals surface area (Å²) in [6, 6.07) is 15.9. The van der Waals surface area contributed by atoms with Gasteiger partial charge in [0.25, 0.3) is 0 Å². The van der Waals surface area contributed by atoms with Crippen molar-refractivity contribution in [1.29, 1.82) is 0 Å². The molecule has 0 aliphatic carbocycles. The van der Waals surface area contributed by atoms with E-state index in [1.54, 1.807) is 0 Å². The number of anilines is 2. The summed E-state index contributed by atoms with van der Waals surface area (Å²) in [5.41, 5.74) is 3.22. The van der Waals surface area contributed by atoms with Crippen LogP contribution in [0.3, 0.4) is 0 Å². The number of nitrogens with zero attached hydrogens (tertiary/aromatic N) is 1. The van der Waals surface area contributed by atoms with Crippen LogP contribution in [0.5, 0.6) is 5.75 Å². The van der Waals surface area contributed by atoms with Crippen LogP contribution in [-0.4, -0.2) is 25.1 Å². The third-order valence-electron chi connectivity index (χ3n) is 4.06. The van der Waals surface area contributed by atoms with Gasteiger partial charge in [-0.15, -0.1) is 0 Å². The maximum absolute atomic E-state index is 12.5. The number of carbonyl (C=O) groups is 1. The predicted octanol–water partition coefficient (Wildman–Crippen LogP) is 3.87. The van der Waals surface area contributed by atoms with E-state index in [2.05, 4.69) is 28.4 Å². The highest BCUT2D eigenvalue weighted by atomic mass is 16.5. The molecule has 3 rings (SSSR count). The van der Waals surface area contributed by atoms with Gasteiger partial charge >= 0.3 is 0 Å². The number of carbonyl (C=O) groups excluding carboxylic acids is 1. The molecule has 126 valence electrons. The summed E-state index contributed by atoms with van der Waals surface area (Å²) in [4.78, 5) is 14.7.